The minimum absolute atomic E-state index is 0.120. The second-order valence-electron chi connectivity index (χ2n) is 4.07. The molecule has 4 nitrogen and oxygen atoms in total. The number of halogens is 1. The van der Waals surface area contributed by atoms with Crippen LogP contribution in [0.3, 0.4) is 0 Å². The summed E-state index contributed by atoms with van der Waals surface area (Å²) in [5, 5.41) is 10.8. The predicted octanol–water partition coefficient (Wildman–Crippen LogP) is 1.17. The van der Waals surface area contributed by atoms with Gasteiger partial charge in [0.15, 0.2) is 0 Å². The number of hydrogen-bond acceptors (Lipinski definition) is 5. The fourth-order valence-corrected chi connectivity index (χ4v) is 3.06. The van der Waals surface area contributed by atoms with Gasteiger partial charge < -0.3 is 9.90 Å². The van der Waals surface area contributed by atoms with E-state index in [1.807, 2.05) is 0 Å². The molecular weight excluding hydrogens is 301 g/mol. The molecule has 1 fully saturated rings. The third-order valence-corrected chi connectivity index (χ3v) is 4.07. The van der Waals surface area contributed by atoms with Crippen LogP contribution in [0.1, 0.15) is 12.5 Å². The number of rotatable bonds is 3. The van der Waals surface area contributed by atoms with E-state index in [1.54, 1.807) is 6.07 Å². The molecule has 2 rings (SSSR count). The molecule has 1 amide bonds. The van der Waals surface area contributed by atoms with E-state index >= 15 is 0 Å². The van der Waals surface area contributed by atoms with Gasteiger partial charge in [-0.25, -0.2) is 4.39 Å². The van der Waals surface area contributed by atoms with Gasteiger partial charge in [-0.2, -0.15) is 0 Å². The smallest absolute Gasteiger partial charge is 0.266 e. The molecule has 1 atom stereocenters. The summed E-state index contributed by atoms with van der Waals surface area (Å²) in [4.78, 5) is 24.1. The average molecular weight is 310 g/mol. The highest BCUT2D eigenvalue weighted by molar-refractivity contribution is 8.26. The van der Waals surface area contributed by atoms with Crippen LogP contribution in [0.2, 0.25) is 0 Å². The summed E-state index contributed by atoms with van der Waals surface area (Å²) >= 11 is 5.92. The molecule has 1 heterocycles. The Morgan fingerprint density at radius 2 is 2.15 bits per heavy atom. The van der Waals surface area contributed by atoms with E-state index in [-0.39, 0.29) is 14.8 Å². The van der Waals surface area contributed by atoms with Gasteiger partial charge in [0, 0.05) is 5.56 Å². The van der Waals surface area contributed by atoms with Crippen LogP contribution in [0, 0.1) is 5.82 Å². The van der Waals surface area contributed by atoms with Gasteiger partial charge in [-0.05, 0) is 19.1 Å². The lowest BCUT2D eigenvalue weighted by atomic mass is 10.2. The molecule has 1 aliphatic rings. The second-order valence-corrected chi connectivity index (χ2v) is 5.74. The maximum absolute atomic E-state index is 13.5. The number of amides is 1. The summed E-state index contributed by atoms with van der Waals surface area (Å²) in [6.45, 7) is 1.31. The van der Waals surface area contributed by atoms with Crippen molar-refractivity contribution in [2.24, 2.45) is 0 Å². The summed E-state index contributed by atoms with van der Waals surface area (Å²) in [7, 11) is 0. The lowest BCUT2D eigenvalue weighted by molar-refractivity contribution is -0.309. The molecule has 0 bridgehead atoms. The fraction of sp³-hybridized carbons (Fsp3) is 0.154. The Morgan fingerprint density at radius 3 is 2.75 bits per heavy atom. The summed E-state index contributed by atoms with van der Waals surface area (Å²) in [5.74, 6) is -2.42. The number of carbonyl (C=O) groups is 2. The van der Waals surface area contributed by atoms with E-state index in [0.717, 1.165) is 16.7 Å². The van der Waals surface area contributed by atoms with Gasteiger partial charge in [0.05, 0.1) is 16.9 Å². The van der Waals surface area contributed by atoms with Crippen molar-refractivity contribution < 1.29 is 19.1 Å². The molecule has 7 heteroatoms. The van der Waals surface area contributed by atoms with Crippen LogP contribution in [0.15, 0.2) is 29.2 Å². The van der Waals surface area contributed by atoms with E-state index in [0.29, 0.717) is 0 Å². The first kappa shape index (κ1) is 14.7. The van der Waals surface area contributed by atoms with Crippen LogP contribution < -0.4 is 5.11 Å². The van der Waals surface area contributed by atoms with Crippen LogP contribution in [0.5, 0.6) is 0 Å². The van der Waals surface area contributed by atoms with Crippen molar-refractivity contribution in [3.8, 4) is 0 Å². The maximum Gasteiger partial charge on any atom is 0.266 e. The Morgan fingerprint density at radius 1 is 1.50 bits per heavy atom. The second kappa shape index (κ2) is 5.72. The Hall–Kier alpha value is -1.73. The number of carbonyl (C=O) groups excluding carboxylic acids is 2. The molecule has 0 N–H and O–H groups in total. The summed E-state index contributed by atoms with van der Waals surface area (Å²) in [5.41, 5.74) is 0.245. The SMILES string of the molecule is C[C@H](C(=O)[O-])N1C(=O)/C(=C/c2ccccc2F)SC1=S. The number of hydrogen-bond donors (Lipinski definition) is 0. The Bertz CT molecular complexity index is 630. The zero-order chi connectivity index (χ0) is 14.9. The molecule has 0 aliphatic carbocycles. The molecular formula is C13H9FNO3S2-. The van der Waals surface area contributed by atoms with E-state index in [2.05, 4.69) is 0 Å². The predicted molar refractivity (Wildman–Crippen MR) is 75.9 cm³/mol. The number of thioether (sulfide) groups is 1. The zero-order valence-electron chi connectivity index (χ0n) is 10.3. The monoisotopic (exact) mass is 310 g/mol. The van der Waals surface area contributed by atoms with E-state index < -0.39 is 23.7 Å². The Balaban J connectivity index is 2.33. The third-order valence-electron chi connectivity index (χ3n) is 2.74. The fourth-order valence-electron chi connectivity index (χ4n) is 1.65. The van der Waals surface area contributed by atoms with Gasteiger partial charge >= 0.3 is 0 Å². The standard InChI is InChI=1S/C13H10FNO3S2/c1-7(12(17)18)15-11(16)10(20-13(15)19)6-8-4-2-3-5-9(8)14/h2-7H,1H3,(H,17,18)/p-1/b10-6-/t7-/m1/s1. The van der Waals surface area contributed by atoms with Crippen molar-refractivity contribution in [3.63, 3.8) is 0 Å². The maximum atomic E-state index is 13.5. The van der Waals surface area contributed by atoms with Crippen LogP contribution in [0.4, 0.5) is 4.39 Å². The molecule has 0 aromatic heterocycles. The van der Waals surface area contributed by atoms with Crippen molar-refractivity contribution >= 4 is 46.3 Å². The van der Waals surface area contributed by atoms with E-state index in [1.165, 1.54) is 31.2 Å². The van der Waals surface area contributed by atoms with Crippen molar-refractivity contribution in [2.75, 3.05) is 0 Å². The van der Waals surface area contributed by atoms with Crippen molar-refractivity contribution in [3.05, 3.63) is 40.6 Å². The molecule has 0 radical (unpaired) electrons. The minimum Gasteiger partial charge on any atom is -0.548 e. The molecule has 20 heavy (non-hydrogen) atoms. The topological polar surface area (TPSA) is 60.4 Å². The van der Waals surface area contributed by atoms with Crippen molar-refractivity contribution in [2.45, 2.75) is 13.0 Å². The first-order valence-corrected chi connectivity index (χ1v) is 6.86. The molecule has 0 saturated carbocycles. The van der Waals surface area contributed by atoms with Gasteiger partial charge in [-0.3, -0.25) is 9.69 Å². The molecule has 104 valence electrons. The number of aliphatic carboxylic acids is 1. The molecule has 1 aliphatic heterocycles. The number of thiocarbonyl (C=S) groups is 1. The van der Waals surface area contributed by atoms with E-state index in [9.17, 15) is 19.1 Å². The first-order chi connectivity index (χ1) is 9.41. The van der Waals surface area contributed by atoms with Crippen molar-refractivity contribution in [1.82, 2.24) is 4.90 Å². The van der Waals surface area contributed by atoms with Gasteiger partial charge in [0.25, 0.3) is 5.91 Å². The van der Waals surface area contributed by atoms with Crippen LogP contribution in [-0.4, -0.2) is 27.1 Å². The van der Waals surface area contributed by atoms with Crippen molar-refractivity contribution in [1.29, 1.82) is 0 Å². The van der Waals surface area contributed by atoms with Gasteiger partial charge in [0.2, 0.25) is 0 Å². The summed E-state index contributed by atoms with van der Waals surface area (Å²) in [6.07, 6.45) is 1.36. The van der Waals surface area contributed by atoms with Crippen LogP contribution >= 0.6 is 24.0 Å². The normalized spacial score (nSPS) is 18.7. The first-order valence-electron chi connectivity index (χ1n) is 5.64. The highest BCUT2D eigenvalue weighted by atomic mass is 32.2. The Labute approximate surface area is 124 Å². The lowest BCUT2D eigenvalue weighted by Crippen LogP contribution is -2.48. The molecule has 0 unspecified atom stereocenters. The molecule has 1 aromatic carbocycles. The number of benzene rings is 1. The van der Waals surface area contributed by atoms with Gasteiger partial charge in [-0.1, -0.05) is 42.2 Å². The third kappa shape index (κ3) is 2.73. The number of carboxylic acids is 1. The largest absolute Gasteiger partial charge is 0.548 e. The highest BCUT2D eigenvalue weighted by Crippen LogP contribution is 2.34. The number of carboxylic acid groups (broad SMARTS) is 1. The van der Waals surface area contributed by atoms with E-state index in [4.69, 9.17) is 12.2 Å². The lowest BCUT2D eigenvalue weighted by Gasteiger charge is -2.23. The Kier molecular flexibility index (Phi) is 4.20. The minimum atomic E-state index is -1.39. The quantitative estimate of drug-likeness (QED) is 0.619. The number of nitrogens with zero attached hydrogens (tertiary/aromatic N) is 1. The zero-order valence-corrected chi connectivity index (χ0v) is 12.0. The van der Waals surface area contributed by atoms with Gasteiger partial charge in [-0.15, -0.1) is 0 Å². The highest BCUT2D eigenvalue weighted by Gasteiger charge is 2.35. The molecule has 1 aromatic rings. The van der Waals surface area contributed by atoms with Crippen LogP contribution in [0.25, 0.3) is 6.08 Å². The summed E-state index contributed by atoms with van der Waals surface area (Å²) in [6, 6.07) is 4.81. The molecule has 1 saturated heterocycles. The summed E-state index contributed by atoms with van der Waals surface area (Å²) < 4.78 is 13.7. The van der Waals surface area contributed by atoms with Gasteiger partial charge in [0.1, 0.15) is 10.1 Å². The average Bonchev–Trinajstić information content (AvgIpc) is 2.66. The van der Waals surface area contributed by atoms with Crippen LogP contribution in [-0.2, 0) is 9.59 Å². The molecule has 0 spiro atoms.